The lowest BCUT2D eigenvalue weighted by atomic mass is 9.83. The van der Waals surface area contributed by atoms with Crippen LogP contribution >= 0.6 is 0 Å². The van der Waals surface area contributed by atoms with E-state index in [0.29, 0.717) is 0 Å². The summed E-state index contributed by atoms with van der Waals surface area (Å²) in [6.07, 6.45) is 3.01. The van der Waals surface area contributed by atoms with Gasteiger partial charge in [0.15, 0.2) is 12.4 Å². The number of nitrogens with zero attached hydrogens (tertiary/aromatic N) is 2. The van der Waals surface area contributed by atoms with E-state index in [0.717, 1.165) is 16.9 Å². The molecule has 1 aromatic carbocycles. The third-order valence-corrected chi connectivity index (χ3v) is 4.92. The molecule has 0 aliphatic carbocycles. The predicted molar refractivity (Wildman–Crippen MR) is 103 cm³/mol. The van der Waals surface area contributed by atoms with Crippen LogP contribution in [0.25, 0.3) is 0 Å². The van der Waals surface area contributed by atoms with E-state index in [1.807, 2.05) is 36.2 Å². The summed E-state index contributed by atoms with van der Waals surface area (Å²) in [7, 11) is 3.50. The molecule has 0 saturated carbocycles. The smallest absolute Gasteiger partial charge is 0.338 e. The first-order valence-electron chi connectivity index (χ1n) is 8.64. The zero-order valence-corrected chi connectivity index (χ0v) is 15.9. The van der Waals surface area contributed by atoms with Gasteiger partial charge in [-0.05, 0) is 17.7 Å². The van der Waals surface area contributed by atoms with Crippen LogP contribution in [0.4, 0.5) is 5.69 Å². The molecule has 140 valence electrons. The molecule has 6 nitrogen and oxygen atoms in total. The zero-order valence-electron chi connectivity index (χ0n) is 15.9. The zero-order chi connectivity index (χ0) is 19.8. The Bertz CT molecular complexity index is 1000. The lowest BCUT2D eigenvalue weighted by Gasteiger charge is -2.23. The van der Waals surface area contributed by atoms with Gasteiger partial charge in [0.05, 0.1) is 5.56 Å². The maximum atomic E-state index is 12.4. The maximum Gasteiger partial charge on any atom is 0.338 e. The SMILES string of the molecule is CN1C(=CC(=O)COC(=O)c2ccn(C)c(=O)c2)C(C)(C)c2ccccc21. The number of anilines is 1. The Morgan fingerprint density at radius 2 is 1.85 bits per heavy atom. The molecule has 6 heteroatoms. The Balaban J connectivity index is 1.73. The molecular weight excluding hydrogens is 344 g/mol. The van der Waals surface area contributed by atoms with Gasteiger partial charge >= 0.3 is 5.97 Å². The standard InChI is InChI=1S/C21H22N2O4/c1-21(2)16-7-5-6-8-17(16)23(4)18(21)12-15(24)13-27-20(26)14-9-10-22(3)19(25)11-14/h5-12H,13H2,1-4H3. The van der Waals surface area contributed by atoms with Gasteiger partial charge in [0.25, 0.3) is 5.56 Å². The second-order valence-corrected chi connectivity index (χ2v) is 7.14. The number of rotatable bonds is 4. The van der Waals surface area contributed by atoms with E-state index in [-0.39, 0.29) is 28.9 Å². The molecular formula is C21H22N2O4. The van der Waals surface area contributed by atoms with Crippen LogP contribution < -0.4 is 10.5 Å². The summed E-state index contributed by atoms with van der Waals surface area (Å²) in [6, 6.07) is 10.7. The first-order valence-corrected chi connectivity index (χ1v) is 8.64. The quantitative estimate of drug-likeness (QED) is 0.614. The molecule has 1 aromatic heterocycles. The molecule has 27 heavy (non-hydrogen) atoms. The Hall–Kier alpha value is -3.15. The average molecular weight is 366 g/mol. The highest BCUT2D eigenvalue weighted by atomic mass is 16.5. The normalized spacial score (nSPS) is 16.3. The number of carbonyl (C=O) groups is 2. The van der Waals surface area contributed by atoms with Gasteiger partial charge in [0, 0.05) is 49.2 Å². The number of aryl methyl sites for hydroxylation is 1. The van der Waals surface area contributed by atoms with Crippen LogP contribution in [0.3, 0.4) is 0 Å². The van der Waals surface area contributed by atoms with E-state index in [4.69, 9.17) is 4.74 Å². The number of hydrogen-bond acceptors (Lipinski definition) is 5. The van der Waals surface area contributed by atoms with E-state index >= 15 is 0 Å². The highest BCUT2D eigenvalue weighted by molar-refractivity contribution is 5.96. The topological polar surface area (TPSA) is 68.6 Å². The molecule has 3 rings (SSSR count). The number of likely N-dealkylation sites (N-methyl/N-ethyl adjacent to an activating group) is 1. The van der Waals surface area contributed by atoms with E-state index in [9.17, 15) is 14.4 Å². The van der Waals surface area contributed by atoms with Crippen molar-refractivity contribution in [3.63, 3.8) is 0 Å². The van der Waals surface area contributed by atoms with E-state index in [2.05, 4.69) is 13.8 Å². The molecule has 0 N–H and O–H groups in total. The summed E-state index contributed by atoms with van der Waals surface area (Å²) < 4.78 is 6.43. The number of allylic oxidation sites excluding steroid dienone is 1. The highest BCUT2D eigenvalue weighted by Crippen LogP contribution is 2.46. The molecule has 1 aliphatic rings. The van der Waals surface area contributed by atoms with Crippen LogP contribution in [-0.2, 0) is 22.0 Å². The highest BCUT2D eigenvalue weighted by Gasteiger charge is 2.38. The van der Waals surface area contributed by atoms with Crippen molar-refractivity contribution >= 4 is 17.4 Å². The second kappa shape index (κ2) is 6.87. The number of benzene rings is 1. The molecule has 0 unspecified atom stereocenters. The molecule has 0 amide bonds. The fraction of sp³-hybridized carbons (Fsp3) is 0.286. The number of para-hydroxylation sites is 1. The summed E-state index contributed by atoms with van der Waals surface area (Å²) in [5.74, 6) is -1.00. The van der Waals surface area contributed by atoms with Crippen LogP contribution in [0.5, 0.6) is 0 Å². The van der Waals surface area contributed by atoms with Crippen molar-refractivity contribution in [2.24, 2.45) is 7.05 Å². The van der Waals surface area contributed by atoms with Gasteiger partial charge in [-0.15, -0.1) is 0 Å². The third kappa shape index (κ3) is 3.43. The van der Waals surface area contributed by atoms with Crippen molar-refractivity contribution in [1.29, 1.82) is 0 Å². The van der Waals surface area contributed by atoms with Crippen molar-refractivity contribution in [2.45, 2.75) is 19.3 Å². The van der Waals surface area contributed by atoms with Crippen molar-refractivity contribution in [2.75, 3.05) is 18.6 Å². The summed E-state index contributed by atoms with van der Waals surface area (Å²) in [5, 5.41) is 0. The minimum absolute atomic E-state index is 0.129. The molecule has 0 fully saturated rings. The van der Waals surface area contributed by atoms with Crippen LogP contribution in [0.2, 0.25) is 0 Å². The number of hydrogen-bond donors (Lipinski definition) is 0. The molecule has 0 atom stereocenters. The first-order chi connectivity index (χ1) is 12.7. The first kappa shape index (κ1) is 18.6. The van der Waals surface area contributed by atoms with E-state index in [1.165, 1.54) is 29.0 Å². The maximum absolute atomic E-state index is 12.4. The van der Waals surface area contributed by atoms with Crippen molar-refractivity contribution in [1.82, 2.24) is 4.57 Å². The molecule has 0 spiro atoms. The van der Waals surface area contributed by atoms with E-state index in [1.54, 1.807) is 7.05 Å². The van der Waals surface area contributed by atoms with Crippen molar-refractivity contribution in [3.8, 4) is 0 Å². The van der Waals surface area contributed by atoms with Crippen LogP contribution in [0, 0.1) is 0 Å². The Kier molecular flexibility index (Phi) is 4.74. The van der Waals surface area contributed by atoms with Gasteiger partial charge in [-0.3, -0.25) is 9.59 Å². The van der Waals surface area contributed by atoms with Crippen molar-refractivity contribution in [3.05, 3.63) is 75.8 Å². The van der Waals surface area contributed by atoms with Crippen LogP contribution in [-0.4, -0.2) is 30.0 Å². The lowest BCUT2D eigenvalue weighted by Crippen LogP contribution is -2.25. The van der Waals surface area contributed by atoms with Gasteiger partial charge in [-0.1, -0.05) is 32.0 Å². The summed E-state index contributed by atoms with van der Waals surface area (Å²) in [4.78, 5) is 38.0. The predicted octanol–water partition coefficient (Wildman–Crippen LogP) is 2.42. The summed E-state index contributed by atoms with van der Waals surface area (Å²) >= 11 is 0. The molecule has 0 saturated heterocycles. The number of ether oxygens (including phenoxy) is 1. The minimum atomic E-state index is -0.693. The molecule has 2 heterocycles. The van der Waals surface area contributed by atoms with Gasteiger partial charge in [-0.2, -0.15) is 0 Å². The molecule has 0 radical (unpaired) electrons. The van der Waals surface area contributed by atoms with Crippen LogP contribution in [0.1, 0.15) is 29.8 Å². The molecule has 1 aliphatic heterocycles. The number of esters is 1. The van der Waals surface area contributed by atoms with Gasteiger partial charge in [0.2, 0.25) is 0 Å². The number of aromatic nitrogens is 1. The minimum Gasteiger partial charge on any atom is -0.454 e. The van der Waals surface area contributed by atoms with Crippen LogP contribution in [0.15, 0.2) is 59.2 Å². The molecule has 0 bridgehead atoms. The van der Waals surface area contributed by atoms with Crippen molar-refractivity contribution < 1.29 is 14.3 Å². The fourth-order valence-corrected chi connectivity index (χ4v) is 3.35. The number of fused-ring (bicyclic) bond motifs is 1. The van der Waals surface area contributed by atoms with Gasteiger partial charge < -0.3 is 14.2 Å². The summed E-state index contributed by atoms with van der Waals surface area (Å²) in [5.41, 5.74) is 2.53. The Morgan fingerprint density at radius 1 is 1.15 bits per heavy atom. The Labute approximate surface area is 157 Å². The second-order valence-electron chi connectivity index (χ2n) is 7.14. The Morgan fingerprint density at radius 3 is 2.52 bits per heavy atom. The fourth-order valence-electron chi connectivity index (χ4n) is 3.35. The monoisotopic (exact) mass is 366 g/mol. The number of pyridine rings is 1. The van der Waals surface area contributed by atoms with E-state index < -0.39 is 5.97 Å². The average Bonchev–Trinajstić information content (AvgIpc) is 2.83. The van der Waals surface area contributed by atoms with Gasteiger partial charge in [-0.25, -0.2) is 4.79 Å². The summed E-state index contributed by atoms with van der Waals surface area (Å²) in [6.45, 7) is 3.73. The van der Waals surface area contributed by atoms with Gasteiger partial charge in [0.1, 0.15) is 0 Å². The molecule has 2 aromatic rings. The lowest BCUT2D eigenvalue weighted by molar-refractivity contribution is -0.117. The third-order valence-electron chi connectivity index (χ3n) is 4.92. The largest absolute Gasteiger partial charge is 0.454 e. The number of ketones is 1. The number of carbonyl (C=O) groups excluding carboxylic acids is 2.